The van der Waals surface area contributed by atoms with E-state index in [1.165, 1.54) is 45.1 Å². The van der Waals surface area contributed by atoms with Gasteiger partial charge >= 0.3 is 0 Å². The lowest BCUT2D eigenvalue weighted by Gasteiger charge is -2.40. The second-order valence-electron chi connectivity index (χ2n) is 6.02. The zero-order chi connectivity index (χ0) is 11.7. The van der Waals surface area contributed by atoms with Crippen molar-refractivity contribution in [3.63, 3.8) is 0 Å². The molecule has 3 rings (SSSR count). The van der Waals surface area contributed by atoms with Gasteiger partial charge < -0.3 is 10.1 Å². The van der Waals surface area contributed by atoms with Crippen LogP contribution in [0.2, 0.25) is 0 Å². The molecule has 3 aliphatic heterocycles. The highest BCUT2D eigenvalue weighted by atomic mass is 16.5. The Bertz CT molecular complexity index is 241. The third-order valence-corrected chi connectivity index (χ3v) is 4.77. The molecule has 3 atom stereocenters. The van der Waals surface area contributed by atoms with Gasteiger partial charge in [0.2, 0.25) is 0 Å². The van der Waals surface area contributed by atoms with Crippen molar-refractivity contribution in [2.24, 2.45) is 0 Å². The normalized spacial score (nSPS) is 41.3. The monoisotopic (exact) mass is 238 g/mol. The van der Waals surface area contributed by atoms with Crippen LogP contribution in [-0.4, -0.2) is 48.8 Å². The average Bonchev–Trinajstić information content (AvgIpc) is 2.96. The van der Waals surface area contributed by atoms with Crippen LogP contribution in [0.1, 0.15) is 45.4 Å². The number of ether oxygens (including phenoxy) is 1. The Morgan fingerprint density at radius 3 is 2.47 bits per heavy atom. The molecule has 3 nitrogen and oxygen atoms in total. The van der Waals surface area contributed by atoms with Crippen molar-refractivity contribution in [3.8, 4) is 0 Å². The largest absolute Gasteiger partial charge is 0.380 e. The summed E-state index contributed by atoms with van der Waals surface area (Å²) in [6.45, 7) is 5.51. The van der Waals surface area contributed by atoms with Gasteiger partial charge in [-0.05, 0) is 45.1 Å². The SMILES string of the molecule is CCCN(C1CCOC1)C1CC2CCC(C1)N2. The van der Waals surface area contributed by atoms with Crippen LogP contribution in [0, 0.1) is 0 Å². The quantitative estimate of drug-likeness (QED) is 0.808. The van der Waals surface area contributed by atoms with Gasteiger partial charge in [-0.25, -0.2) is 0 Å². The fourth-order valence-electron chi connectivity index (χ4n) is 4.00. The van der Waals surface area contributed by atoms with Crippen LogP contribution in [0.4, 0.5) is 0 Å². The van der Waals surface area contributed by atoms with Gasteiger partial charge in [-0.2, -0.15) is 0 Å². The highest BCUT2D eigenvalue weighted by Gasteiger charge is 2.38. The fraction of sp³-hybridized carbons (Fsp3) is 1.00. The van der Waals surface area contributed by atoms with Gasteiger partial charge in [0.15, 0.2) is 0 Å². The van der Waals surface area contributed by atoms with Crippen molar-refractivity contribution in [2.75, 3.05) is 19.8 Å². The lowest BCUT2D eigenvalue weighted by molar-refractivity contribution is 0.0803. The molecule has 0 aromatic rings. The van der Waals surface area contributed by atoms with Crippen LogP contribution in [0.15, 0.2) is 0 Å². The minimum atomic E-state index is 0.706. The average molecular weight is 238 g/mol. The van der Waals surface area contributed by atoms with Gasteiger partial charge in [0, 0.05) is 30.8 Å². The van der Waals surface area contributed by atoms with E-state index in [1.807, 2.05) is 0 Å². The molecule has 0 spiro atoms. The summed E-state index contributed by atoms with van der Waals surface area (Å²) >= 11 is 0. The van der Waals surface area contributed by atoms with Crippen LogP contribution in [0.25, 0.3) is 0 Å². The Morgan fingerprint density at radius 1 is 1.12 bits per heavy atom. The maximum Gasteiger partial charge on any atom is 0.0622 e. The molecule has 3 saturated heterocycles. The second-order valence-corrected chi connectivity index (χ2v) is 6.02. The summed E-state index contributed by atoms with van der Waals surface area (Å²) in [5, 5.41) is 3.75. The third-order valence-electron chi connectivity index (χ3n) is 4.77. The van der Waals surface area contributed by atoms with Crippen LogP contribution in [0.3, 0.4) is 0 Å². The Balaban J connectivity index is 1.65. The summed E-state index contributed by atoms with van der Waals surface area (Å²) in [5.41, 5.74) is 0. The van der Waals surface area contributed by atoms with Crippen LogP contribution in [0.5, 0.6) is 0 Å². The zero-order valence-electron chi connectivity index (χ0n) is 11.0. The Hall–Kier alpha value is -0.120. The second kappa shape index (κ2) is 5.25. The first-order valence-electron chi connectivity index (χ1n) is 7.46. The molecule has 0 aromatic carbocycles. The van der Waals surface area contributed by atoms with Gasteiger partial charge in [-0.15, -0.1) is 0 Å². The Kier molecular flexibility index (Phi) is 3.69. The maximum atomic E-state index is 5.59. The molecule has 0 radical (unpaired) electrons. The van der Waals surface area contributed by atoms with Crippen LogP contribution in [-0.2, 0) is 4.74 Å². The van der Waals surface area contributed by atoms with Crippen molar-refractivity contribution in [1.29, 1.82) is 0 Å². The third kappa shape index (κ3) is 2.51. The molecule has 3 heterocycles. The number of nitrogens with one attached hydrogen (secondary N) is 1. The summed E-state index contributed by atoms with van der Waals surface area (Å²) in [7, 11) is 0. The first-order chi connectivity index (χ1) is 8.36. The summed E-state index contributed by atoms with van der Waals surface area (Å²) in [6, 6.07) is 3.14. The van der Waals surface area contributed by atoms with E-state index in [1.54, 1.807) is 0 Å². The number of piperidine rings is 1. The molecule has 1 N–H and O–H groups in total. The van der Waals surface area contributed by atoms with Crippen molar-refractivity contribution in [2.45, 2.75) is 69.6 Å². The number of fused-ring (bicyclic) bond motifs is 2. The maximum absolute atomic E-state index is 5.59. The van der Waals surface area contributed by atoms with E-state index in [4.69, 9.17) is 4.74 Å². The van der Waals surface area contributed by atoms with Gasteiger partial charge in [-0.3, -0.25) is 4.90 Å². The lowest BCUT2D eigenvalue weighted by atomic mass is 9.96. The van der Waals surface area contributed by atoms with Gasteiger partial charge in [0.25, 0.3) is 0 Å². The van der Waals surface area contributed by atoms with Gasteiger partial charge in [-0.1, -0.05) is 6.92 Å². The fourth-order valence-corrected chi connectivity index (χ4v) is 4.00. The molecule has 17 heavy (non-hydrogen) atoms. The molecule has 0 aromatic heterocycles. The minimum Gasteiger partial charge on any atom is -0.380 e. The smallest absolute Gasteiger partial charge is 0.0622 e. The molecule has 0 amide bonds. The van der Waals surface area contributed by atoms with Gasteiger partial charge in [0.1, 0.15) is 0 Å². The summed E-state index contributed by atoms with van der Waals surface area (Å²) in [6.07, 6.45) is 8.07. The number of nitrogens with zero attached hydrogens (tertiary/aromatic N) is 1. The van der Waals surface area contributed by atoms with Gasteiger partial charge in [0.05, 0.1) is 6.61 Å². The minimum absolute atomic E-state index is 0.706. The molecule has 2 bridgehead atoms. The van der Waals surface area contributed by atoms with E-state index in [-0.39, 0.29) is 0 Å². The van der Waals surface area contributed by atoms with E-state index >= 15 is 0 Å². The molecule has 3 unspecified atom stereocenters. The van der Waals surface area contributed by atoms with E-state index in [0.29, 0.717) is 6.04 Å². The zero-order valence-corrected chi connectivity index (χ0v) is 11.0. The molecule has 98 valence electrons. The van der Waals surface area contributed by atoms with Crippen molar-refractivity contribution < 1.29 is 4.74 Å². The highest BCUT2D eigenvalue weighted by Crippen LogP contribution is 2.31. The Morgan fingerprint density at radius 2 is 1.88 bits per heavy atom. The first-order valence-corrected chi connectivity index (χ1v) is 7.46. The van der Waals surface area contributed by atoms with E-state index in [9.17, 15) is 0 Å². The molecule has 3 heteroatoms. The lowest BCUT2D eigenvalue weighted by Crippen LogP contribution is -2.52. The van der Waals surface area contributed by atoms with E-state index in [2.05, 4.69) is 17.1 Å². The predicted molar refractivity (Wildman–Crippen MR) is 69.2 cm³/mol. The molecule has 3 fully saturated rings. The van der Waals surface area contributed by atoms with E-state index < -0.39 is 0 Å². The van der Waals surface area contributed by atoms with Crippen LogP contribution >= 0.6 is 0 Å². The van der Waals surface area contributed by atoms with Crippen molar-refractivity contribution in [1.82, 2.24) is 10.2 Å². The number of hydrogen-bond acceptors (Lipinski definition) is 3. The topological polar surface area (TPSA) is 24.5 Å². The van der Waals surface area contributed by atoms with Crippen LogP contribution < -0.4 is 5.32 Å². The summed E-state index contributed by atoms with van der Waals surface area (Å²) < 4.78 is 5.59. The molecular formula is C14H26N2O. The predicted octanol–water partition coefficient (Wildman–Crippen LogP) is 1.77. The Labute approximate surface area is 105 Å². The number of rotatable bonds is 4. The molecule has 3 aliphatic rings. The van der Waals surface area contributed by atoms with Crippen molar-refractivity contribution >= 4 is 0 Å². The summed E-state index contributed by atoms with van der Waals surface area (Å²) in [5.74, 6) is 0. The van der Waals surface area contributed by atoms with E-state index in [0.717, 1.165) is 31.3 Å². The molecule has 0 saturated carbocycles. The summed E-state index contributed by atoms with van der Waals surface area (Å²) in [4.78, 5) is 2.78. The number of hydrogen-bond donors (Lipinski definition) is 1. The highest BCUT2D eigenvalue weighted by molar-refractivity contribution is 4.97. The molecule has 0 aliphatic carbocycles. The standard InChI is InChI=1S/C14H26N2O/c1-2-6-16(13-5-7-17-10-13)14-8-11-3-4-12(9-14)15-11/h11-15H,2-10H2,1H3. The first kappa shape index (κ1) is 11.9. The molecular weight excluding hydrogens is 212 g/mol. The van der Waals surface area contributed by atoms with Crippen molar-refractivity contribution in [3.05, 3.63) is 0 Å².